The van der Waals surface area contributed by atoms with E-state index >= 15 is 0 Å². The average molecular weight is 544 g/mol. The van der Waals surface area contributed by atoms with Crippen molar-refractivity contribution in [1.29, 1.82) is 0 Å². The number of aliphatic hydroxyl groups excluding tert-OH is 1. The Kier molecular flexibility index (Phi) is 8.07. The number of amides is 1. The first-order chi connectivity index (χ1) is 19.4. The molecule has 1 amide bonds. The SMILES string of the molecule is CCOc1cc([C@H]2/C(=C(\O)c3ccc4c(c3)C[C@H](C)O4)C(=O)C(=O)N2CCOC)ccc1OCc1ccccc1. The van der Waals surface area contributed by atoms with Crippen LogP contribution in [0.15, 0.2) is 72.3 Å². The number of benzene rings is 3. The Morgan fingerprint density at radius 1 is 1.02 bits per heavy atom. The number of carbonyl (C=O) groups is 2. The molecule has 0 radical (unpaired) electrons. The number of ketones is 1. The second-order valence-corrected chi connectivity index (χ2v) is 9.85. The summed E-state index contributed by atoms with van der Waals surface area (Å²) in [6.45, 7) is 5.00. The van der Waals surface area contributed by atoms with E-state index in [4.69, 9.17) is 18.9 Å². The molecule has 208 valence electrons. The van der Waals surface area contributed by atoms with Crippen LogP contribution in [0, 0.1) is 0 Å². The number of likely N-dealkylation sites (tertiary alicyclic amines) is 1. The molecule has 3 aromatic rings. The lowest BCUT2D eigenvalue weighted by atomic mass is 9.94. The van der Waals surface area contributed by atoms with Gasteiger partial charge in [-0.15, -0.1) is 0 Å². The molecule has 5 rings (SSSR count). The van der Waals surface area contributed by atoms with Crippen molar-refractivity contribution in [2.75, 3.05) is 26.9 Å². The third-order valence-corrected chi connectivity index (χ3v) is 7.07. The molecule has 8 nitrogen and oxygen atoms in total. The van der Waals surface area contributed by atoms with Crippen LogP contribution in [-0.2, 0) is 27.4 Å². The zero-order chi connectivity index (χ0) is 28.2. The molecule has 0 spiro atoms. The Hall–Kier alpha value is -4.30. The minimum absolute atomic E-state index is 0.0217. The van der Waals surface area contributed by atoms with Gasteiger partial charge in [0.05, 0.1) is 24.8 Å². The molecule has 0 aromatic heterocycles. The maximum Gasteiger partial charge on any atom is 0.295 e. The highest BCUT2D eigenvalue weighted by Crippen LogP contribution is 2.43. The summed E-state index contributed by atoms with van der Waals surface area (Å²) < 4.78 is 23.0. The molecule has 0 unspecified atom stereocenters. The summed E-state index contributed by atoms with van der Waals surface area (Å²) in [6.07, 6.45) is 0.733. The molecule has 1 saturated heterocycles. The highest BCUT2D eigenvalue weighted by Gasteiger charge is 2.46. The number of ether oxygens (including phenoxy) is 4. The van der Waals surface area contributed by atoms with Gasteiger partial charge in [-0.25, -0.2) is 0 Å². The van der Waals surface area contributed by atoms with Crippen molar-refractivity contribution < 1.29 is 33.6 Å². The van der Waals surface area contributed by atoms with Crippen LogP contribution in [-0.4, -0.2) is 54.7 Å². The maximum absolute atomic E-state index is 13.4. The van der Waals surface area contributed by atoms with Crippen LogP contribution < -0.4 is 14.2 Å². The first kappa shape index (κ1) is 27.3. The molecule has 1 fully saturated rings. The van der Waals surface area contributed by atoms with Crippen LogP contribution in [0.25, 0.3) is 5.76 Å². The van der Waals surface area contributed by atoms with Gasteiger partial charge in [0, 0.05) is 25.6 Å². The van der Waals surface area contributed by atoms with E-state index in [9.17, 15) is 14.7 Å². The van der Waals surface area contributed by atoms with Crippen molar-refractivity contribution in [3.05, 3.63) is 94.6 Å². The quantitative estimate of drug-likeness (QED) is 0.217. The molecule has 40 heavy (non-hydrogen) atoms. The minimum atomic E-state index is -0.832. The Balaban J connectivity index is 1.55. The number of hydrogen-bond acceptors (Lipinski definition) is 7. The fourth-order valence-corrected chi connectivity index (χ4v) is 5.19. The van der Waals surface area contributed by atoms with Gasteiger partial charge in [0.15, 0.2) is 11.5 Å². The topological polar surface area (TPSA) is 94.5 Å². The third-order valence-electron chi connectivity index (χ3n) is 7.07. The van der Waals surface area contributed by atoms with E-state index in [0.717, 1.165) is 16.9 Å². The number of hydrogen-bond donors (Lipinski definition) is 1. The number of aliphatic hydroxyl groups is 1. The first-order valence-electron chi connectivity index (χ1n) is 13.4. The molecular weight excluding hydrogens is 510 g/mol. The highest BCUT2D eigenvalue weighted by atomic mass is 16.5. The fraction of sp³-hybridized carbons (Fsp3) is 0.312. The number of fused-ring (bicyclic) bond motifs is 1. The molecule has 0 saturated carbocycles. The van der Waals surface area contributed by atoms with Gasteiger partial charge >= 0.3 is 0 Å². The lowest BCUT2D eigenvalue weighted by Gasteiger charge is -2.26. The zero-order valence-corrected chi connectivity index (χ0v) is 22.9. The summed E-state index contributed by atoms with van der Waals surface area (Å²) in [5.74, 6) is 0.115. The summed E-state index contributed by atoms with van der Waals surface area (Å²) in [7, 11) is 1.53. The van der Waals surface area contributed by atoms with Gasteiger partial charge in [0.25, 0.3) is 11.7 Å². The van der Waals surface area contributed by atoms with Crippen LogP contribution in [0.5, 0.6) is 17.2 Å². The van der Waals surface area contributed by atoms with Gasteiger partial charge in [0.1, 0.15) is 24.2 Å². The second-order valence-electron chi connectivity index (χ2n) is 9.85. The summed E-state index contributed by atoms with van der Waals surface area (Å²) in [5, 5.41) is 11.5. The summed E-state index contributed by atoms with van der Waals surface area (Å²) in [6, 6.07) is 19.6. The Morgan fingerprint density at radius 2 is 1.82 bits per heavy atom. The average Bonchev–Trinajstić information content (AvgIpc) is 3.46. The Labute approximate surface area is 233 Å². The van der Waals surface area contributed by atoms with Gasteiger partial charge in [-0.3, -0.25) is 9.59 Å². The minimum Gasteiger partial charge on any atom is -0.507 e. The Bertz CT molecular complexity index is 1430. The van der Waals surface area contributed by atoms with Crippen molar-refractivity contribution in [2.24, 2.45) is 0 Å². The van der Waals surface area contributed by atoms with Crippen molar-refractivity contribution in [2.45, 2.75) is 39.0 Å². The maximum atomic E-state index is 13.4. The fourth-order valence-electron chi connectivity index (χ4n) is 5.19. The number of nitrogens with zero attached hydrogens (tertiary/aromatic N) is 1. The summed E-state index contributed by atoms with van der Waals surface area (Å²) in [5.41, 5.74) is 3.05. The van der Waals surface area contributed by atoms with Gasteiger partial charge in [-0.2, -0.15) is 0 Å². The molecule has 1 N–H and O–H groups in total. The predicted molar refractivity (Wildman–Crippen MR) is 150 cm³/mol. The van der Waals surface area contributed by atoms with Crippen LogP contribution in [0.2, 0.25) is 0 Å². The van der Waals surface area contributed by atoms with E-state index in [1.807, 2.05) is 50.2 Å². The molecule has 8 heteroatoms. The monoisotopic (exact) mass is 543 g/mol. The zero-order valence-electron chi connectivity index (χ0n) is 22.9. The van der Waals surface area contributed by atoms with Gasteiger partial charge in [0.2, 0.25) is 0 Å². The third kappa shape index (κ3) is 5.40. The largest absolute Gasteiger partial charge is 0.507 e. The molecule has 3 aromatic carbocycles. The number of carbonyl (C=O) groups excluding carboxylic acids is 2. The first-order valence-corrected chi connectivity index (χ1v) is 13.4. The lowest BCUT2D eigenvalue weighted by molar-refractivity contribution is -0.140. The lowest BCUT2D eigenvalue weighted by Crippen LogP contribution is -2.32. The van der Waals surface area contributed by atoms with Crippen LogP contribution in [0.4, 0.5) is 0 Å². The van der Waals surface area contributed by atoms with E-state index in [0.29, 0.717) is 42.3 Å². The second kappa shape index (κ2) is 11.8. The summed E-state index contributed by atoms with van der Waals surface area (Å²) >= 11 is 0. The van der Waals surface area contributed by atoms with E-state index in [1.165, 1.54) is 12.0 Å². The van der Waals surface area contributed by atoms with Crippen molar-refractivity contribution in [1.82, 2.24) is 4.90 Å². The number of Topliss-reactive ketones (excluding diaryl/α,β-unsaturated/α-hetero) is 1. The van der Waals surface area contributed by atoms with E-state index in [-0.39, 0.29) is 30.6 Å². The molecule has 0 bridgehead atoms. The molecule has 2 aliphatic heterocycles. The van der Waals surface area contributed by atoms with Crippen LogP contribution in [0.3, 0.4) is 0 Å². The van der Waals surface area contributed by atoms with Gasteiger partial charge in [-0.05, 0) is 60.9 Å². The number of methoxy groups -OCH3 is 1. The van der Waals surface area contributed by atoms with E-state index < -0.39 is 17.7 Å². The van der Waals surface area contributed by atoms with Crippen molar-refractivity contribution in [3.8, 4) is 17.2 Å². The summed E-state index contributed by atoms with van der Waals surface area (Å²) in [4.78, 5) is 28.0. The normalized spacial score (nSPS) is 19.4. The van der Waals surface area contributed by atoms with Gasteiger partial charge in [-0.1, -0.05) is 36.4 Å². The standard InChI is InChI=1S/C32H33NO7/c1-4-38-27-18-22(10-13-26(27)39-19-21-8-6-5-7-9-21)29-28(31(35)32(36)33(29)14-15-37-3)30(34)23-11-12-25-24(17-23)16-20(2)40-25/h5-13,17-18,20,29,34H,4,14-16,19H2,1-3H3/b30-28+/t20-,29-/m0/s1. The van der Waals surface area contributed by atoms with E-state index in [1.54, 1.807) is 30.3 Å². The van der Waals surface area contributed by atoms with E-state index in [2.05, 4.69) is 0 Å². The van der Waals surface area contributed by atoms with Crippen LogP contribution in [0.1, 0.15) is 42.1 Å². The molecule has 2 aliphatic rings. The highest BCUT2D eigenvalue weighted by molar-refractivity contribution is 6.46. The van der Waals surface area contributed by atoms with Crippen LogP contribution >= 0.6 is 0 Å². The molecule has 2 heterocycles. The molecule has 2 atom stereocenters. The number of rotatable bonds is 10. The predicted octanol–water partition coefficient (Wildman–Crippen LogP) is 5.06. The van der Waals surface area contributed by atoms with Crippen molar-refractivity contribution in [3.63, 3.8) is 0 Å². The Morgan fingerprint density at radius 3 is 2.58 bits per heavy atom. The van der Waals surface area contributed by atoms with Gasteiger partial charge < -0.3 is 29.0 Å². The molecule has 0 aliphatic carbocycles. The molecular formula is C32H33NO7. The smallest absolute Gasteiger partial charge is 0.295 e. The van der Waals surface area contributed by atoms with Crippen molar-refractivity contribution >= 4 is 17.4 Å².